The lowest BCUT2D eigenvalue weighted by Gasteiger charge is -2.14. The summed E-state index contributed by atoms with van der Waals surface area (Å²) in [5, 5.41) is 12.3. The number of nitrogens with zero attached hydrogens (tertiary/aromatic N) is 1. The van der Waals surface area contributed by atoms with Gasteiger partial charge in [-0.2, -0.15) is 0 Å². The van der Waals surface area contributed by atoms with Crippen LogP contribution in [0, 0.1) is 6.92 Å². The summed E-state index contributed by atoms with van der Waals surface area (Å²) in [6, 6.07) is 8.23. The van der Waals surface area contributed by atoms with Gasteiger partial charge in [-0.25, -0.2) is 0 Å². The van der Waals surface area contributed by atoms with Crippen LogP contribution >= 0.6 is 0 Å². The lowest BCUT2D eigenvalue weighted by molar-refractivity contribution is -0.122. The molecule has 19 heavy (non-hydrogen) atoms. The SMILES string of the molecule is Cc1ccccc1CCNC(=O)CN1CCC(O)C1. The Labute approximate surface area is 114 Å². The lowest BCUT2D eigenvalue weighted by Crippen LogP contribution is -2.37. The Morgan fingerprint density at radius 3 is 2.95 bits per heavy atom. The number of nitrogens with one attached hydrogen (secondary N) is 1. The lowest BCUT2D eigenvalue weighted by atomic mass is 10.1. The van der Waals surface area contributed by atoms with Crippen molar-refractivity contribution in [3.63, 3.8) is 0 Å². The summed E-state index contributed by atoms with van der Waals surface area (Å²) in [6.07, 6.45) is 1.37. The number of aryl methyl sites for hydroxylation is 1. The third kappa shape index (κ3) is 4.33. The van der Waals surface area contributed by atoms with Crippen molar-refractivity contribution in [2.75, 3.05) is 26.2 Å². The van der Waals surface area contributed by atoms with Crippen LogP contribution < -0.4 is 5.32 Å². The first-order valence-corrected chi connectivity index (χ1v) is 6.87. The molecule has 1 fully saturated rings. The average molecular weight is 262 g/mol. The molecule has 2 rings (SSSR count). The van der Waals surface area contributed by atoms with Gasteiger partial charge < -0.3 is 10.4 Å². The Morgan fingerprint density at radius 2 is 2.26 bits per heavy atom. The molecule has 0 radical (unpaired) electrons. The van der Waals surface area contributed by atoms with Gasteiger partial charge in [0.1, 0.15) is 0 Å². The van der Waals surface area contributed by atoms with Gasteiger partial charge in [-0.1, -0.05) is 24.3 Å². The van der Waals surface area contributed by atoms with E-state index in [0.717, 1.165) is 19.4 Å². The van der Waals surface area contributed by atoms with E-state index >= 15 is 0 Å². The minimum absolute atomic E-state index is 0.0442. The Balaban J connectivity index is 1.68. The molecule has 1 unspecified atom stereocenters. The monoisotopic (exact) mass is 262 g/mol. The van der Waals surface area contributed by atoms with Crippen LogP contribution in [0.2, 0.25) is 0 Å². The minimum atomic E-state index is -0.264. The average Bonchev–Trinajstić information content (AvgIpc) is 2.77. The fraction of sp³-hybridized carbons (Fsp3) is 0.533. The van der Waals surface area contributed by atoms with Gasteiger partial charge in [0, 0.05) is 19.6 Å². The van der Waals surface area contributed by atoms with E-state index in [2.05, 4.69) is 24.4 Å². The first kappa shape index (κ1) is 14.0. The summed E-state index contributed by atoms with van der Waals surface area (Å²) >= 11 is 0. The van der Waals surface area contributed by atoms with Gasteiger partial charge in [0.25, 0.3) is 0 Å². The number of likely N-dealkylation sites (tertiary alicyclic amines) is 1. The number of hydrogen-bond donors (Lipinski definition) is 2. The summed E-state index contributed by atoms with van der Waals surface area (Å²) in [4.78, 5) is 13.7. The van der Waals surface area contributed by atoms with Crippen molar-refractivity contribution in [3.8, 4) is 0 Å². The van der Waals surface area contributed by atoms with Gasteiger partial charge in [0.2, 0.25) is 5.91 Å². The number of carbonyl (C=O) groups is 1. The molecular weight excluding hydrogens is 240 g/mol. The molecule has 1 heterocycles. The van der Waals surface area contributed by atoms with Crippen LogP contribution in [0.4, 0.5) is 0 Å². The predicted octanol–water partition coefficient (Wildman–Crippen LogP) is 0.720. The maximum atomic E-state index is 11.7. The molecular formula is C15H22N2O2. The second kappa shape index (κ2) is 6.68. The van der Waals surface area contributed by atoms with Crippen LogP contribution in [0.25, 0.3) is 0 Å². The zero-order valence-electron chi connectivity index (χ0n) is 11.4. The van der Waals surface area contributed by atoms with E-state index in [-0.39, 0.29) is 12.0 Å². The highest BCUT2D eigenvalue weighted by Gasteiger charge is 2.21. The highest BCUT2D eigenvalue weighted by molar-refractivity contribution is 5.78. The van der Waals surface area contributed by atoms with E-state index in [1.807, 2.05) is 17.0 Å². The van der Waals surface area contributed by atoms with E-state index in [1.165, 1.54) is 11.1 Å². The van der Waals surface area contributed by atoms with Crippen molar-refractivity contribution in [3.05, 3.63) is 35.4 Å². The Morgan fingerprint density at radius 1 is 1.47 bits per heavy atom. The van der Waals surface area contributed by atoms with Gasteiger partial charge >= 0.3 is 0 Å². The molecule has 0 bridgehead atoms. The molecule has 0 aromatic heterocycles. The molecule has 1 aromatic carbocycles. The zero-order chi connectivity index (χ0) is 13.7. The molecule has 4 nitrogen and oxygen atoms in total. The topological polar surface area (TPSA) is 52.6 Å². The Bertz CT molecular complexity index is 434. The first-order valence-electron chi connectivity index (χ1n) is 6.87. The van der Waals surface area contributed by atoms with Crippen molar-refractivity contribution in [1.82, 2.24) is 10.2 Å². The maximum absolute atomic E-state index is 11.7. The number of rotatable bonds is 5. The Kier molecular flexibility index (Phi) is 4.93. The molecule has 0 aliphatic carbocycles. The van der Waals surface area contributed by atoms with Crippen LogP contribution in [-0.4, -0.2) is 48.2 Å². The van der Waals surface area contributed by atoms with Gasteiger partial charge in [0.05, 0.1) is 12.6 Å². The third-order valence-electron chi connectivity index (χ3n) is 3.59. The predicted molar refractivity (Wildman–Crippen MR) is 75.0 cm³/mol. The molecule has 0 spiro atoms. The highest BCUT2D eigenvalue weighted by Crippen LogP contribution is 2.08. The molecule has 4 heteroatoms. The summed E-state index contributed by atoms with van der Waals surface area (Å²) < 4.78 is 0. The molecule has 1 aromatic rings. The van der Waals surface area contributed by atoms with E-state index < -0.39 is 0 Å². The van der Waals surface area contributed by atoms with Crippen LogP contribution in [0.1, 0.15) is 17.5 Å². The summed E-state index contributed by atoms with van der Waals surface area (Å²) in [6.45, 7) is 4.57. The molecule has 1 saturated heterocycles. The van der Waals surface area contributed by atoms with E-state index in [9.17, 15) is 9.90 Å². The maximum Gasteiger partial charge on any atom is 0.234 e. The molecule has 1 aliphatic heterocycles. The van der Waals surface area contributed by atoms with Gasteiger partial charge in [-0.05, 0) is 30.9 Å². The summed E-state index contributed by atoms with van der Waals surface area (Å²) in [7, 11) is 0. The van der Waals surface area contributed by atoms with Crippen LogP contribution in [0.5, 0.6) is 0 Å². The third-order valence-corrected chi connectivity index (χ3v) is 3.59. The molecule has 1 atom stereocenters. The summed E-state index contributed by atoms with van der Waals surface area (Å²) in [5.74, 6) is 0.0442. The molecule has 2 N–H and O–H groups in total. The first-order chi connectivity index (χ1) is 9.15. The van der Waals surface area contributed by atoms with Crippen molar-refractivity contribution < 1.29 is 9.90 Å². The second-order valence-electron chi connectivity index (χ2n) is 5.20. The molecule has 1 aliphatic rings. The normalized spacial score (nSPS) is 19.6. The van der Waals surface area contributed by atoms with E-state index in [1.54, 1.807) is 0 Å². The van der Waals surface area contributed by atoms with Crippen LogP contribution in [0.3, 0.4) is 0 Å². The fourth-order valence-electron chi connectivity index (χ4n) is 2.44. The molecule has 0 saturated carbocycles. The van der Waals surface area contributed by atoms with Crippen LogP contribution in [-0.2, 0) is 11.2 Å². The molecule has 1 amide bonds. The standard InChI is InChI=1S/C15H22N2O2/c1-12-4-2-3-5-13(12)6-8-16-15(19)11-17-9-7-14(18)10-17/h2-5,14,18H,6-11H2,1H3,(H,16,19). The van der Waals surface area contributed by atoms with Crippen molar-refractivity contribution in [2.45, 2.75) is 25.9 Å². The number of hydrogen-bond acceptors (Lipinski definition) is 3. The minimum Gasteiger partial charge on any atom is -0.392 e. The number of benzene rings is 1. The number of aliphatic hydroxyl groups excluding tert-OH is 1. The number of aliphatic hydroxyl groups is 1. The number of β-amino-alcohol motifs (C(OH)–C–C–N with tert-alkyl or cyclic N) is 1. The van der Waals surface area contributed by atoms with Crippen molar-refractivity contribution in [2.24, 2.45) is 0 Å². The quantitative estimate of drug-likeness (QED) is 0.822. The van der Waals surface area contributed by atoms with Crippen LogP contribution in [0.15, 0.2) is 24.3 Å². The summed E-state index contributed by atoms with van der Waals surface area (Å²) in [5.41, 5.74) is 2.54. The van der Waals surface area contributed by atoms with Gasteiger partial charge in [-0.3, -0.25) is 9.69 Å². The van der Waals surface area contributed by atoms with E-state index in [0.29, 0.717) is 19.6 Å². The van der Waals surface area contributed by atoms with Gasteiger partial charge in [-0.15, -0.1) is 0 Å². The van der Waals surface area contributed by atoms with Gasteiger partial charge in [0.15, 0.2) is 0 Å². The van der Waals surface area contributed by atoms with E-state index in [4.69, 9.17) is 0 Å². The zero-order valence-corrected chi connectivity index (χ0v) is 11.4. The largest absolute Gasteiger partial charge is 0.392 e. The number of amides is 1. The molecule has 104 valence electrons. The fourth-order valence-corrected chi connectivity index (χ4v) is 2.44. The number of carbonyl (C=O) groups excluding carboxylic acids is 1. The smallest absolute Gasteiger partial charge is 0.234 e. The van der Waals surface area contributed by atoms with Crippen molar-refractivity contribution >= 4 is 5.91 Å². The van der Waals surface area contributed by atoms with Crippen molar-refractivity contribution in [1.29, 1.82) is 0 Å². The highest BCUT2D eigenvalue weighted by atomic mass is 16.3. The Hall–Kier alpha value is -1.39. The second-order valence-corrected chi connectivity index (χ2v) is 5.20.